The van der Waals surface area contributed by atoms with E-state index in [9.17, 15) is 4.39 Å². The molecular weight excluding hydrogens is 271 g/mol. The molecule has 21 heavy (non-hydrogen) atoms. The number of benzene rings is 2. The molecule has 2 aromatic carbocycles. The van der Waals surface area contributed by atoms with E-state index in [1.54, 1.807) is 12.1 Å². The Labute approximate surface area is 124 Å². The number of rotatable bonds is 8. The minimum atomic E-state index is -0.264. The Bertz CT molecular complexity index is 540. The molecule has 0 saturated heterocycles. The van der Waals surface area contributed by atoms with Gasteiger partial charge in [-0.2, -0.15) is 0 Å². The van der Waals surface area contributed by atoms with Gasteiger partial charge in [-0.3, -0.25) is 0 Å². The van der Waals surface area contributed by atoms with Crippen LogP contribution in [-0.2, 0) is 0 Å². The summed E-state index contributed by atoms with van der Waals surface area (Å²) < 4.78 is 29.2. The molecule has 0 aliphatic carbocycles. The highest BCUT2D eigenvalue weighted by Gasteiger charge is 1.98. The number of hydrogen-bond donors (Lipinski definition) is 0. The Kier molecular flexibility index (Phi) is 5.88. The van der Waals surface area contributed by atoms with E-state index in [0.717, 1.165) is 17.9 Å². The van der Waals surface area contributed by atoms with Crippen LogP contribution >= 0.6 is 0 Å². The fourth-order valence-electron chi connectivity index (χ4n) is 1.79. The van der Waals surface area contributed by atoms with E-state index in [1.165, 1.54) is 12.1 Å². The van der Waals surface area contributed by atoms with Gasteiger partial charge in [-0.25, -0.2) is 4.39 Å². The fraction of sp³-hybridized carbons (Fsp3) is 0.294. The summed E-state index contributed by atoms with van der Waals surface area (Å²) in [6.07, 6.45) is 0.746. The van der Waals surface area contributed by atoms with Gasteiger partial charge in [-0.15, -0.1) is 0 Å². The maximum absolute atomic E-state index is 12.7. The van der Waals surface area contributed by atoms with Crippen molar-refractivity contribution in [2.24, 2.45) is 0 Å². The van der Waals surface area contributed by atoms with Crippen LogP contribution in [0.3, 0.4) is 0 Å². The van der Waals surface area contributed by atoms with Crippen LogP contribution in [0.5, 0.6) is 17.2 Å². The molecule has 0 aliphatic heterocycles. The van der Waals surface area contributed by atoms with Crippen LogP contribution in [0.15, 0.2) is 48.5 Å². The summed E-state index contributed by atoms with van der Waals surface area (Å²) in [5.74, 6) is 1.98. The highest BCUT2D eigenvalue weighted by Crippen LogP contribution is 2.19. The third-order valence-corrected chi connectivity index (χ3v) is 2.76. The second kappa shape index (κ2) is 8.15. The van der Waals surface area contributed by atoms with Crippen molar-refractivity contribution in [2.75, 3.05) is 19.8 Å². The highest BCUT2D eigenvalue weighted by molar-refractivity contribution is 5.32. The first-order valence-corrected chi connectivity index (χ1v) is 7.02. The van der Waals surface area contributed by atoms with Crippen molar-refractivity contribution in [1.29, 1.82) is 0 Å². The van der Waals surface area contributed by atoms with E-state index in [0.29, 0.717) is 25.6 Å². The summed E-state index contributed by atoms with van der Waals surface area (Å²) in [5.41, 5.74) is 0. The van der Waals surface area contributed by atoms with Crippen molar-refractivity contribution in [3.05, 3.63) is 54.3 Å². The lowest BCUT2D eigenvalue weighted by Gasteiger charge is -2.09. The van der Waals surface area contributed by atoms with Crippen molar-refractivity contribution in [2.45, 2.75) is 13.3 Å². The van der Waals surface area contributed by atoms with Crippen molar-refractivity contribution in [1.82, 2.24) is 0 Å². The SMILES string of the molecule is CCOc1cccc(OCCCOc2ccc(F)cc2)c1. The molecule has 0 amide bonds. The summed E-state index contributed by atoms with van der Waals surface area (Å²) in [7, 11) is 0. The average Bonchev–Trinajstić information content (AvgIpc) is 2.50. The van der Waals surface area contributed by atoms with Crippen molar-refractivity contribution in [3.63, 3.8) is 0 Å². The monoisotopic (exact) mass is 290 g/mol. The molecule has 0 heterocycles. The first kappa shape index (κ1) is 15.2. The maximum Gasteiger partial charge on any atom is 0.123 e. The summed E-state index contributed by atoms with van der Waals surface area (Å²) in [4.78, 5) is 0. The van der Waals surface area contributed by atoms with Crippen molar-refractivity contribution >= 4 is 0 Å². The Hall–Kier alpha value is -2.23. The van der Waals surface area contributed by atoms with Gasteiger partial charge < -0.3 is 14.2 Å². The first-order chi connectivity index (χ1) is 10.3. The average molecular weight is 290 g/mol. The fourth-order valence-corrected chi connectivity index (χ4v) is 1.79. The minimum Gasteiger partial charge on any atom is -0.494 e. The molecule has 0 bridgehead atoms. The van der Waals surface area contributed by atoms with E-state index in [1.807, 2.05) is 31.2 Å². The molecule has 0 saturated carbocycles. The minimum absolute atomic E-state index is 0.264. The molecule has 0 radical (unpaired) electrons. The summed E-state index contributed by atoms with van der Waals surface area (Å²) in [5, 5.41) is 0. The Balaban J connectivity index is 1.67. The van der Waals surface area contributed by atoms with Crippen LogP contribution in [-0.4, -0.2) is 19.8 Å². The van der Waals surface area contributed by atoms with Gasteiger partial charge in [-0.1, -0.05) is 6.07 Å². The molecule has 0 fully saturated rings. The van der Waals surface area contributed by atoms with Crippen LogP contribution in [0.25, 0.3) is 0 Å². The number of ether oxygens (including phenoxy) is 3. The van der Waals surface area contributed by atoms with E-state index < -0.39 is 0 Å². The third-order valence-electron chi connectivity index (χ3n) is 2.76. The zero-order chi connectivity index (χ0) is 14.9. The molecule has 0 unspecified atom stereocenters. The van der Waals surface area contributed by atoms with Crippen LogP contribution in [0, 0.1) is 5.82 Å². The largest absolute Gasteiger partial charge is 0.494 e. The van der Waals surface area contributed by atoms with Crippen LogP contribution in [0.1, 0.15) is 13.3 Å². The second-order valence-electron chi connectivity index (χ2n) is 4.41. The number of hydrogen-bond acceptors (Lipinski definition) is 3. The molecule has 2 aromatic rings. The lowest BCUT2D eigenvalue weighted by Crippen LogP contribution is -2.05. The summed E-state index contributed by atoms with van der Waals surface area (Å²) in [6, 6.07) is 13.5. The lowest BCUT2D eigenvalue weighted by atomic mass is 10.3. The van der Waals surface area contributed by atoms with Crippen molar-refractivity contribution < 1.29 is 18.6 Å². The van der Waals surface area contributed by atoms with Gasteiger partial charge in [0.15, 0.2) is 0 Å². The number of halogens is 1. The lowest BCUT2D eigenvalue weighted by molar-refractivity contribution is 0.246. The van der Waals surface area contributed by atoms with E-state index in [4.69, 9.17) is 14.2 Å². The quantitative estimate of drug-likeness (QED) is 0.686. The molecule has 112 valence electrons. The zero-order valence-electron chi connectivity index (χ0n) is 12.0. The zero-order valence-corrected chi connectivity index (χ0v) is 12.0. The predicted molar refractivity (Wildman–Crippen MR) is 79.6 cm³/mol. The Morgan fingerprint density at radius 3 is 2.10 bits per heavy atom. The standard InChI is InChI=1S/C17H19FO3/c1-2-19-16-5-3-6-17(13-16)21-12-4-11-20-15-9-7-14(18)8-10-15/h3,5-10,13H,2,4,11-12H2,1H3. The Morgan fingerprint density at radius 1 is 0.810 bits per heavy atom. The van der Waals surface area contributed by atoms with Gasteiger partial charge in [0.2, 0.25) is 0 Å². The van der Waals surface area contributed by atoms with E-state index in [2.05, 4.69) is 0 Å². The molecule has 0 aliphatic rings. The second-order valence-corrected chi connectivity index (χ2v) is 4.41. The van der Waals surface area contributed by atoms with Crippen molar-refractivity contribution in [3.8, 4) is 17.2 Å². The van der Waals surface area contributed by atoms with Gasteiger partial charge >= 0.3 is 0 Å². The summed E-state index contributed by atoms with van der Waals surface area (Å²) >= 11 is 0. The van der Waals surface area contributed by atoms with Crippen LogP contribution < -0.4 is 14.2 Å². The molecule has 0 aromatic heterocycles. The topological polar surface area (TPSA) is 27.7 Å². The first-order valence-electron chi connectivity index (χ1n) is 7.02. The molecule has 0 spiro atoms. The van der Waals surface area contributed by atoms with Gasteiger partial charge in [0.1, 0.15) is 23.1 Å². The Morgan fingerprint density at radius 2 is 1.43 bits per heavy atom. The van der Waals surface area contributed by atoms with Gasteiger partial charge in [-0.05, 0) is 43.3 Å². The van der Waals surface area contributed by atoms with E-state index in [-0.39, 0.29) is 5.82 Å². The summed E-state index contributed by atoms with van der Waals surface area (Å²) in [6.45, 7) is 3.66. The van der Waals surface area contributed by atoms with Gasteiger partial charge in [0.25, 0.3) is 0 Å². The molecule has 2 rings (SSSR count). The predicted octanol–water partition coefficient (Wildman–Crippen LogP) is 4.07. The third kappa shape index (κ3) is 5.34. The molecular formula is C17H19FO3. The maximum atomic E-state index is 12.7. The van der Waals surface area contributed by atoms with Crippen LogP contribution in [0.4, 0.5) is 4.39 Å². The van der Waals surface area contributed by atoms with E-state index >= 15 is 0 Å². The van der Waals surface area contributed by atoms with Gasteiger partial charge in [0, 0.05) is 12.5 Å². The highest BCUT2D eigenvalue weighted by atomic mass is 19.1. The molecule has 0 N–H and O–H groups in total. The molecule has 0 atom stereocenters. The van der Waals surface area contributed by atoms with Gasteiger partial charge in [0.05, 0.1) is 19.8 Å². The van der Waals surface area contributed by atoms with Crippen LogP contribution in [0.2, 0.25) is 0 Å². The molecule has 4 heteroatoms. The molecule has 3 nitrogen and oxygen atoms in total. The smallest absolute Gasteiger partial charge is 0.123 e. The normalized spacial score (nSPS) is 10.2.